The van der Waals surface area contributed by atoms with Crippen LogP contribution in [-0.2, 0) is 4.79 Å². The van der Waals surface area contributed by atoms with Crippen LogP contribution < -0.4 is 14.2 Å². The summed E-state index contributed by atoms with van der Waals surface area (Å²) in [4.78, 5) is 36.6. The minimum atomic E-state index is -0.754. The molecular weight excluding hydrogens is 440 g/mol. The molecule has 3 rings (SSSR count). The second-order valence-corrected chi connectivity index (χ2v) is 7.40. The lowest BCUT2D eigenvalue weighted by atomic mass is 10.1. The number of ether oxygens (including phenoxy) is 3. The Kier molecular flexibility index (Phi) is 7.21. The number of amides is 2. The molecule has 1 N–H and O–H groups in total. The molecule has 2 amide bonds. The fourth-order valence-corrected chi connectivity index (χ4v) is 3.80. The number of hydrogen-bond donors (Lipinski definition) is 1. The van der Waals surface area contributed by atoms with Crippen molar-refractivity contribution in [2.75, 3.05) is 26.9 Å². The van der Waals surface area contributed by atoms with Crippen LogP contribution in [0.2, 0.25) is 0 Å². The number of methoxy groups -OCH3 is 1. The highest BCUT2D eigenvalue weighted by Crippen LogP contribution is 2.39. The van der Waals surface area contributed by atoms with Gasteiger partial charge >= 0.3 is 5.69 Å². The van der Waals surface area contributed by atoms with Crippen LogP contribution in [0, 0.1) is 10.1 Å². The van der Waals surface area contributed by atoms with Crippen LogP contribution in [0.4, 0.5) is 10.5 Å². The Labute approximate surface area is 187 Å². The lowest BCUT2D eigenvalue weighted by Gasteiger charge is -2.14. The van der Waals surface area contributed by atoms with Crippen LogP contribution in [0.1, 0.15) is 12.5 Å². The number of para-hydroxylation sites is 2. The van der Waals surface area contributed by atoms with Gasteiger partial charge in [-0.05, 0) is 48.5 Å². The Morgan fingerprint density at radius 1 is 1.16 bits per heavy atom. The number of phenolic OH excluding ortho intramolecular Hbond substituents is 1. The lowest BCUT2D eigenvalue weighted by molar-refractivity contribution is -0.386. The molecule has 0 spiro atoms. The van der Waals surface area contributed by atoms with Gasteiger partial charge in [0.1, 0.15) is 6.61 Å². The molecule has 2 aromatic carbocycles. The zero-order chi connectivity index (χ0) is 23.3. The van der Waals surface area contributed by atoms with Gasteiger partial charge < -0.3 is 19.3 Å². The molecule has 1 aliphatic heterocycles. The van der Waals surface area contributed by atoms with Crippen LogP contribution in [0.15, 0.2) is 41.3 Å². The maximum absolute atomic E-state index is 12.7. The fraction of sp³-hybridized carbons (Fsp3) is 0.238. The van der Waals surface area contributed by atoms with Crippen LogP contribution in [-0.4, -0.2) is 52.9 Å². The van der Waals surface area contributed by atoms with Crippen LogP contribution in [0.25, 0.3) is 6.08 Å². The van der Waals surface area contributed by atoms with Crippen molar-refractivity contribution >= 4 is 34.7 Å². The van der Waals surface area contributed by atoms with Gasteiger partial charge in [0, 0.05) is 6.07 Å². The number of benzene rings is 2. The van der Waals surface area contributed by atoms with E-state index in [4.69, 9.17) is 14.2 Å². The smallest absolute Gasteiger partial charge is 0.315 e. The highest BCUT2D eigenvalue weighted by atomic mass is 32.2. The fourth-order valence-electron chi connectivity index (χ4n) is 2.93. The predicted molar refractivity (Wildman–Crippen MR) is 117 cm³/mol. The van der Waals surface area contributed by atoms with Gasteiger partial charge in [-0.25, -0.2) is 0 Å². The third-order valence-electron chi connectivity index (χ3n) is 4.39. The third-order valence-corrected chi connectivity index (χ3v) is 5.29. The molecule has 0 radical (unpaired) electrons. The highest BCUT2D eigenvalue weighted by molar-refractivity contribution is 8.18. The molecule has 11 heteroatoms. The van der Waals surface area contributed by atoms with Crippen molar-refractivity contribution < 1.29 is 33.8 Å². The number of aromatic hydroxyl groups is 1. The second-order valence-electron chi connectivity index (χ2n) is 6.41. The van der Waals surface area contributed by atoms with E-state index in [1.54, 1.807) is 31.2 Å². The number of carbonyl (C=O) groups excluding carboxylic acids is 2. The van der Waals surface area contributed by atoms with Crippen molar-refractivity contribution in [3.63, 3.8) is 0 Å². The Morgan fingerprint density at radius 2 is 1.88 bits per heavy atom. The molecule has 1 aliphatic rings. The molecule has 10 nitrogen and oxygen atoms in total. The molecule has 32 heavy (non-hydrogen) atoms. The van der Waals surface area contributed by atoms with Crippen molar-refractivity contribution in [3.8, 4) is 23.0 Å². The summed E-state index contributed by atoms with van der Waals surface area (Å²) in [5.74, 6) is -0.219. The number of hydrogen-bond acceptors (Lipinski definition) is 9. The van der Waals surface area contributed by atoms with Crippen molar-refractivity contribution in [2.24, 2.45) is 0 Å². The molecule has 2 aromatic rings. The molecule has 1 fully saturated rings. The maximum atomic E-state index is 12.7. The molecule has 1 heterocycles. The van der Waals surface area contributed by atoms with Crippen molar-refractivity contribution in [1.82, 2.24) is 4.90 Å². The van der Waals surface area contributed by atoms with Gasteiger partial charge in [-0.3, -0.25) is 24.6 Å². The minimum Gasteiger partial charge on any atom is -0.500 e. The van der Waals surface area contributed by atoms with Crippen LogP contribution in [0.5, 0.6) is 23.0 Å². The molecule has 0 atom stereocenters. The topological polar surface area (TPSA) is 128 Å². The van der Waals surface area contributed by atoms with Gasteiger partial charge in [0.25, 0.3) is 11.1 Å². The quantitative estimate of drug-likeness (QED) is 0.337. The number of nitro groups is 1. The van der Waals surface area contributed by atoms with Crippen LogP contribution in [0.3, 0.4) is 0 Å². The van der Waals surface area contributed by atoms with Gasteiger partial charge in [0.05, 0.1) is 30.1 Å². The second kappa shape index (κ2) is 10.1. The molecular formula is C21H20N2O8S. The summed E-state index contributed by atoms with van der Waals surface area (Å²) in [5.41, 5.74) is -0.319. The first-order valence-electron chi connectivity index (χ1n) is 9.51. The normalized spacial score (nSPS) is 14.7. The number of thioether (sulfide) groups is 1. The lowest BCUT2D eigenvalue weighted by Crippen LogP contribution is -2.32. The van der Waals surface area contributed by atoms with E-state index in [0.717, 1.165) is 11.0 Å². The Bertz CT molecular complexity index is 1090. The molecule has 0 aromatic heterocycles. The Balaban J connectivity index is 1.76. The van der Waals surface area contributed by atoms with Crippen molar-refractivity contribution in [3.05, 3.63) is 57.0 Å². The van der Waals surface area contributed by atoms with Crippen molar-refractivity contribution in [2.45, 2.75) is 6.92 Å². The molecule has 0 saturated carbocycles. The first-order chi connectivity index (χ1) is 15.3. The Morgan fingerprint density at radius 3 is 2.53 bits per heavy atom. The largest absolute Gasteiger partial charge is 0.500 e. The molecule has 168 valence electrons. The maximum Gasteiger partial charge on any atom is 0.315 e. The van der Waals surface area contributed by atoms with E-state index in [-0.39, 0.29) is 36.0 Å². The molecule has 0 bridgehead atoms. The number of carbonyl (C=O) groups is 2. The van der Waals surface area contributed by atoms with Gasteiger partial charge in [0.15, 0.2) is 17.2 Å². The van der Waals surface area contributed by atoms with Crippen LogP contribution >= 0.6 is 11.8 Å². The van der Waals surface area contributed by atoms with E-state index in [1.165, 1.54) is 19.3 Å². The molecule has 1 saturated heterocycles. The average Bonchev–Trinajstić information content (AvgIpc) is 3.03. The average molecular weight is 460 g/mol. The monoisotopic (exact) mass is 460 g/mol. The van der Waals surface area contributed by atoms with Crippen molar-refractivity contribution in [1.29, 1.82) is 0 Å². The predicted octanol–water partition coefficient (Wildman–Crippen LogP) is 3.82. The zero-order valence-electron chi connectivity index (χ0n) is 17.3. The first kappa shape index (κ1) is 22.9. The minimum absolute atomic E-state index is 0.0139. The number of imide groups is 1. The number of phenols is 1. The summed E-state index contributed by atoms with van der Waals surface area (Å²) < 4.78 is 16.0. The number of nitro benzene ring substituents is 1. The summed E-state index contributed by atoms with van der Waals surface area (Å²) in [6.45, 7) is 1.91. The molecule has 0 unspecified atom stereocenters. The Hall–Kier alpha value is -3.73. The first-order valence-corrected chi connectivity index (χ1v) is 10.3. The van der Waals surface area contributed by atoms with E-state index in [2.05, 4.69) is 0 Å². The zero-order valence-corrected chi connectivity index (χ0v) is 18.1. The summed E-state index contributed by atoms with van der Waals surface area (Å²) >= 11 is 0.713. The summed E-state index contributed by atoms with van der Waals surface area (Å²) in [7, 11) is 1.51. The summed E-state index contributed by atoms with van der Waals surface area (Å²) in [6, 6.07) is 9.47. The molecule has 0 aliphatic carbocycles. The van der Waals surface area contributed by atoms with Gasteiger partial charge in [0.2, 0.25) is 5.75 Å². The van der Waals surface area contributed by atoms with E-state index < -0.39 is 27.5 Å². The SMILES string of the molecule is CCOc1cc(/C=C2\SC(=O)N(CCOc3ccccc3OC)C2=O)cc([N+](=O)[O-])c1O. The number of nitrogens with zero attached hydrogens (tertiary/aromatic N) is 2. The van der Waals surface area contributed by atoms with Gasteiger partial charge in [-0.15, -0.1) is 0 Å². The van der Waals surface area contributed by atoms with E-state index in [9.17, 15) is 24.8 Å². The van der Waals surface area contributed by atoms with E-state index in [1.807, 2.05) is 0 Å². The van der Waals surface area contributed by atoms with E-state index in [0.29, 0.717) is 23.3 Å². The third kappa shape index (κ3) is 4.94. The summed E-state index contributed by atoms with van der Waals surface area (Å²) in [5, 5.41) is 20.7. The highest BCUT2D eigenvalue weighted by Gasteiger charge is 2.35. The van der Waals surface area contributed by atoms with Gasteiger partial charge in [-0.1, -0.05) is 12.1 Å². The van der Waals surface area contributed by atoms with Gasteiger partial charge in [-0.2, -0.15) is 0 Å². The van der Waals surface area contributed by atoms with E-state index >= 15 is 0 Å². The standard InChI is InChI=1S/C21H20N2O8S/c1-3-30-17-11-13(10-14(19(17)24)23(27)28)12-18-20(25)22(21(26)32-18)8-9-31-16-7-5-4-6-15(16)29-2/h4-7,10-12,24H,3,8-9H2,1-2H3/b18-12-. The number of rotatable bonds is 9. The summed E-state index contributed by atoms with van der Waals surface area (Å²) in [6.07, 6.45) is 1.35.